The van der Waals surface area contributed by atoms with Crippen LogP contribution in [0.4, 0.5) is 0 Å². The zero-order chi connectivity index (χ0) is 16.1. The first kappa shape index (κ1) is 17.1. The van der Waals surface area contributed by atoms with Gasteiger partial charge in [-0.1, -0.05) is 22.4 Å². The third-order valence-electron chi connectivity index (χ3n) is 3.88. The minimum atomic E-state index is -0.238. The second-order valence-corrected chi connectivity index (χ2v) is 6.27. The molecule has 1 aromatic carbocycles. The maximum Gasteiger partial charge on any atom is 0.323 e. The lowest BCUT2D eigenvalue weighted by Crippen LogP contribution is -2.44. The van der Waals surface area contributed by atoms with Crippen molar-refractivity contribution >= 4 is 21.9 Å². The van der Waals surface area contributed by atoms with Crippen LogP contribution in [0.1, 0.15) is 31.7 Å². The van der Waals surface area contributed by atoms with E-state index in [-0.39, 0.29) is 17.8 Å². The van der Waals surface area contributed by atoms with E-state index in [0.29, 0.717) is 18.9 Å². The minimum absolute atomic E-state index is 0.124. The molecular weight excluding hydrogens is 350 g/mol. The molecule has 0 bridgehead atoms. The number of ether oxygens (including phenoxy) is 2. The van der Waals surface area contributed by atoms with Gasteiger partial charge in [0.2, 0.25) is 0 Å². The number of hydrogen-bond donors (Lipinski definition) is 1. The highest BCUT2D eigenvalue weighted by molar-refractivity contribution is 9.10. The van der Waals surface area contributed by atoms with Gasteiger partial charge in [-0.15, -0.1) is 0 Å². The quantitative estimate of drug-likeness (QED) is 0.805. The van der Waals surface area contributed by atoms with Gasteiger partial charge in [-0.05, 0) is 38.4 Å². The van der Waals surface area contributed by atoms with Gasteiger partial charge in [0.25, 0.3) is 0 Å². The summed E-state index contributed by atoms with van der Waals surface area (Å²) < 4.78 is 11.2. The zero-order valence-corrected chi connectivity index (χ0v) is 14.6. The van der Waals surface area contributed by atoms with Crippen molar-refractivity contribution in [3.8, 4) is 11.5 Å². The molecule has 0 aliphatic carbocycles. The molecule has 1 atom stereocenters. The highest BCUT2D eigenvalue weighted by Crippen LogP contribution is 2.35. The number of rotatable bonds is 5. The molecule has 0 amide bonds. The van der Waals surface area contributed by atoms with Crippen LogP contribution in [-0.4, -0.2) is 42.3 Å². The minimum Gasteiger partial charge on any atom is -0.504 e. The Balaban J connectivity index is 2.20. The predicted octanol–water partition coefficient (Wildman–Crippen LogP) is 3.08. The molecule has 122 valence electrons. The normalized spacial score (nSPS) is 19.0. The number of esters is 1. The summed E-state index contributed by atoms with van der Waals surface area (Å²) in [6, 6.07) is 3.34. The molecule has 1 saturated heterocycles. The number of piperidine rings is 1. The molecule has 1 aliphatic heterocycles. The first-order chi connectivity index (χ1) is 10.6. The number of phenolic OH excluding ortho intramolecular Hbond substituents is 1. The van der Waals surface area contributed by atoms with Crippen molar-refractivity contribution in [1.82, 2.24) is 4.90 Å². The number of halogens is 1. The third-order valence-corrected chi connectivity index (χ3v) is 4.34. The summed E-state index contributed by atoms with van der Waals surface area (Å²) in [6.07, 6.45) is 2.86. The number of methoxy groups -OCH3 is 1. The van der Waals surface area contributed by atoms with Crippen LogP contribution >= 0.6 is 15.9 Å². The van der Waals surface area contributed by atoms with Crippen molar-refractivity contribution in [3.63, 3.8) is 0 Å². The van der Waals surface area contributed by atoms with Crippen molar-refractivity contribution in [2.45, 2.75) is 38.8 Å². The van der Waals surface area contributed by atoms with Crippen molar-refractivity contribution in [2.75, 3.05) is 20.3 Å². The summed E-state index contributed by atoms with van der Waals surface area (Å²) in [5, 5.41) is 10.3. The number of carbonyl (C=O) groups excluding carboxylic acids is 1. The molecule has 22 heavy (non-hydrogen) atoms. The lowest BCUT2D eigenvalue weighted by atomic mass is 10.0. The molecule has 1 fully saturated rings. The van der Waals surface area contributed by atoms with Gasteiger partial charge >= 0.3 is 5.97 Å². The summed E-state index contributed by atoms with van der Waals surface area (Å²) in [6.45, 7) is 3.51. The molecular formula is C16H22BrNO4. The van der Waals surface area contributed by atoms with Crippen molar-refractivity contribution in [3.05, 3.63) is 22.2 Å². The van der Waals surface area contributed by atoms with Crippen LogP contribution in [0.25, 0.3) is 0 Å². The SMILES string of the molecule is CCOC(=O)[C@H]1CCCCN1Cc1cc(Br)cc(OC)c1O. The van der Waals surface area contributed by atoms with E-state index in [4.69, 9.17) is 9.47 Å². The fourth-order valence-electron chi connectivity index (χ4n) is 2.81. The molecule has 0 saturated carbocycles. The highest BCUT2D eigenvalue weighted by atomic mass is 79.9. The molecule has 1 aromatic rings. The molecule has 2 rings (SSSR count). The van der Waals surface area contributed by atoms with Gasteiger partial charge in [0, 0.05) is 16.6 Å². The predicted molar refractivity (Wildman–Crippen MR) is 87.0 cm³/mol. The Labute approximate surface area is 139 Å². The Morgan fingerprint density at radius 1 is 1.45 bits per heavy atom. The lowest BCUT2D eigenvalue weighted by Gasteiger charge is -2.34. The average molecular weight is 372 g/mol. The van der Waals surface area contributed by atoms with Gasteiger partial charge in [-0.25, -0.2) is 0 Å². The Hall–Kier alpha value is -1.27. The standard InChI is InChI=1S/C16H22BrNO4/c1-3-22-16(20)13-6-4-5-7-18(13)10-11-8-12(17)9-14(21-2)15(11)19/h8-9,13,19H,3-7,10H2,1-2H3/t13-/m1/s1. The molecule has 1 heterocycles. The first-order valence-electron chi connectivity index (χ1n) is 7.52. The molecule has 0 aromatic heterocycles. The van der Waals surface area contributed by atoms with E-state index < -0.39 is 0 Å². The number of carbonyl (C=O) groups is 1. The van der Waals surface area contributed by atoms with Gasteiger partial charge in [-0.2, -0.15) is 0 Å². The van der Waals surface area contributed by atoms with Gasteiger partial charge < -0.3 is 14.6 Å². The van der Waals surface area contributed by atoms with Crippen LogP contribution in [0.3, 0.4) is 0 Å². The highest BCUT2D eigenvalue weighted by Gasteiger charge is 2.30. The van der Waals surface area contributed by atoms with Gasteiger partial charge in [-0.3, -0.25) is 9.69 Å². The summed E-state index contributed by atoms with van der Waals surface area (Å²) in [5.74, 6) is 0.372. The van der Waals surface area contributed by atoms with E-state index in [1.807, 2.05) is 13.0 Å². The molecule has 0 spiro atoms. The van der Waals surface area contributed by atoms with Crippen LogP contribution < -0.4 is 4.74 Å². The Bertz CT molecular complexity index is 535. The van der Waals surface area contributed by atoms with Crippen LogP contribution in [0.15, 0.2) is 16.6 Å². The molecule has 5 nitrogen and oxygen atoms in total. The molecule has 0 radical (unpaired) electrons. The van der Waals surface area contributed by atoms with E-state index in [0.717, 1.165) is 35.8 Å². The van der Waals surface area contributed by atoms with Crippen molar-refractivity contribution in [1.29, 1.82) is 0 Å². The summed E-state index contributed by atoms with van der Waals surface area (Å²) in [5.41, 5.74) is 0.738. The second kappa shape index (κ2) is 7.83. The van der Waals surface area contributed by atoms with Gasteiger partial charge in [0.15, 0.2) is 11.5 Å². The van der Waals surface area contributed by atoms with Crippen molar-refractivity contribution < 1.29 is 19.4 Å². The number of likely N-dealkylation sites (tertiary alicyclic amines) is 1. The Kier molecular flexibility index (Phi) is 6.08. The van der Waals surface area contributed by atoms with Crippen LogP contribution in [0, 0.1) is 0 Å². The average Bonchev–Trinajstić information content (AvgIpc) is 2.51. The van der Waals surface area contributed by atoms with E-state index in [9.17, 15) is 9.90 Å². The Morgan fingerprint density at radius 3 is 2.91 bits per heavy atom. The van der Waals surface area contributed by atoms with Gasteiger partial charge in [0.05, 0.1) is 13.7 Å². The largest absolute Gasteiger partial charge is 0.504 e. The topological polar surface area (TPSA) is 59.0 Å². The van der Waals surface area contributed by atoms with E-state index in [1.165, 1.54) is 7.11 Å². The zero-order valence-electron chi connectivity index (χ0n) is 13.0. The monoisotopic (exact) mass is 371 g/mol. The summed E-state index contributed by atoms with van der Waals surface area (Å²) in [4.78, 5) is 14.2. The number of nitrogens with zero attached hydrogens (tertiary/aromatic N) is 1. The van der Waals surface area contributed by atoms with Crippen LogP contribution in [-0.2, 0) is 16.1 Å². The molecule has 6 heteroatoms. The lowest BCUT2D eigenvalue weighted by molar-refractivity contribution is -0.151. The van der Waals surface area contributed by atoms with Gasteiger partial charge in [0.1, 0.15) is 6.04 Å². The maximum atomic E-state index is 12.1. The molecule has 1 aliphatic rings. The molecule has 0 unspecified atom stereocenters. The van der Waals surface area contributed by atoms with Crippen molar-refractivity contribution in [2.24, 2.45) is 0 Å². The van der Waals surface area contributed by atoms with E-state index in [1.54, 1.807) is 6.07 Å². The molecule has 1 N–H and O–H groups in total. The first-order valence-corrected chi connectivity index (χ1v) is 8.32. The Morgan fingerprint density at radius 2 is 2.23 bits per heavy atom. The number of benzene rings is 1. The number of hydrogen-bond acceptors (Lipinski definition) is 5. The smallest absolute Gasteiger partial charge is 0.323 e. The fraction of sp³-hybridized carbons (Fsp3) is 0.562. The van der Waals surface area contributed by atoms with Crippen LogP contribution in [0.5, 0.6) is 11.5 Å². The summed E-state index contributed by atoms with van der Waals surface area (Å²) in [7, 11) is 1.52. The van der Waals surface area contributed by atoms with Crippen LogP contribution in [0.2, 0.25) is 0 Å². The number of aromatic hydroxyl groups is 1. The van der Waals surface area contributed by atoms with E-state index >= 15 is 0 Å². The number of phenols is 1. The summed E-state index contributed by atoms with van der Waals surface area (Å²) >= 11 is 3.42. The third kappa shape index (κ3) is 3.93. The maximum absolute atomic E-state index is 12.1. The fourth-order valence-corrected chi connectivity index (χ4v) is 3.29. The second-order valence-electron chi connectivity index (χ2n) is 5.35. The van der Waals surface area contributed by atoms with E-state index in [2.05, 4.69) is 20.8 Å².